The molecule has 738 valence electrons. The quantitative estimate of drug-likeness (QED) is 0.0279. The van der Waals surface area contributed by atoms with Crippen LogP contribution in [0.5, 0.6) is 80.5 Å². The molecule has 5 N–H and O–H groups in total. The molecule has 0 bridgehead atoms. The second-order valence-electron chi connectivity index (χ2n) is 35.7. The number of ether oxygens (including phenoxy) is 14. The maximum Gasteiger partial charge on any atom is 0.220 e. The minimum absolute atomic E-state index is 0.0584. The van der Waals surface area contributed by atoms with Gasteiger partial charge in [0.2, 0.25) is 35.3 Å². The van der Waals surface area contributed by atoms with E-state index in [0.717, 1.165) is 139 Å². The highest BCUT2D eigenvalue weighted by molar-refractivity contribution is 5.95. The molecule has 5 amide bonds. The first-order valence-electron chi connectivity index (χ1n) is 47.6. The van der Waals surface area contributed by atoms with Crippen LogP contribution in [0.3, 0.4) is 0 Å². The zero-order valence-corrected chi connectivity index (χ0v) is 82.2. The molecule has 11 heterocycles. The third-order valence-corrected chi connectivity index (χ3v) is 25.7. The van der Waals surface area contributed by atoms with E-state index in [2.05, 4.69) is 56.5 Å². The third-order valence-electron chi connectivity index (χ3n) is 25.7. The van der Waals surface area contributed by atoms with Crippen LogP contribution >= 0.6 is 0 Å². The van der Waals surface area contributed by atoms with Crippen LogP contribution < -0.4 is 92.9 Å². The monoisotopic (exact) mass is 1930 g/mol. The van der Waals surface area contributed by atoms with Crippen LogP contribution in [-0.2, 0) is 24.0 Å². The number of fused-ring (bicyclic) bond motifs is 5. The number of rotatable bonds is 30. The number of nitrogens with one attached hydrogen (secondary N) is 5. The van der Waals surface area contributed by atoms with Crippen molar-refractivity contribution in [1.29, 1.82) is 0 Å². The first-order valence-corrected chi connectivity index (χ1v) is 47.6. The third kappa shape index (κ3) is 24.4. The highest BCUT2D eigenvalue weighted by Gasteiger charge is 2.33. The number of nitrogens with zero attached hydrogens (tertiary/aromatic N) is 6. The molecule has 30 nitrogen and oxygen atoms in total. The lowest BCUT2D eigenvalue weighted by atomic mass is 10.0. The molecule has 0 radical (unpaired) electrons. The van der Waals surface area contributed by atoms with E-state index in [1.165, 1.54) is 0 Å². The Morgan fingerprint density at radius 1 is 0.259 bits per heavy atom. The summed E-state index contributed by atoms with van der Waals surface area (Å²) in [6, 6.07) is 66.8. The number of methoxy groups -OCH3 is 8. The van der Waals surface area contributed by atoms with E-state index in [-0.39, 0.29) is 83.5 Å². The van der Waals surface area contributed by atoms with E-state index in [1.807, 2.05) is 241 Å². The van der Waals surface area contributed by atoms with Crippen molar-refractivity contribution < 1.29 is 90.3 Å². The zero-order valence-electron chi connectivity index (χ0n) is 82.2. The van der Waals surface area contributed by atoms with Gasteiger partial charge in [0, 0.05) is 164 Å². The maximum absolute atomic E-state index is 11.6. The fourth-order valence-electron chi connectivity index (χ4n) is 17.8. The van der Waals surface area contributed by atoms with Gasteiger partial charge in [0.1, 0.15) is 47.1 Å². The second kappa shape index (κ2) is 46.7. The van der Waals surface area contributed by atoms with Gasteiger partial charge in [-0.15, -0.1) is 0 Å². The molecule has 0 aliphatic carbocycles. The molecule has 5 aliphatic heterocycles. The summed E-state index contributed by atoms with van der Waals surface area (Å²) in [5.74, 6) is 10.8. The average Bonchev–Trinajstić information content (AvgIpc) is 1.15. The van der Waals surface area contributed by atoms with E-state index in [9.17, 15) is 24.0 Å². The molecule has 143 heavy (non-hydrogen) atoms. The number of hydrogen-bond donors (Lipinski definition) is 5. The number of pyridine rings is 6. The Balaban J connectivity index is 0.000000129. The van der Waals surface area contributed by atoms with Crippen LogP contribution in [0.2, 0.25) is 0 Å². The summed E-state index contributed by atoms with van der Waals surface area (Å²) < 4.78 is 80.6. The van der Waals surface area contributed by atoms with E-state index in [1.54, 1.807) is 94.1 Å². The predicted octanol–water partition coefficient (Wildman–Crippen LogP) is 18.5. The van der Waals surface area contributed by atoms with Gasteiger partial charge in [0.25, 0.3) is 0 Å². The van der Waals surface area contributed by atoms with E-state index >= 15 is 0 Å². The summed E-state index contributed by atoms with van der Waals surface area (Å²) in [5, 5.41) is 19.0. The van der Waals surface area contributed by atoms with Gasteiger partial charge in [-0.1, -0.05) is 24.3 Å². The van der Waals surface area contributed by atoms with Crippen LogP contribution in [0.4, 0.5) is 0 Å². The van der Waals surface area contributed by atoms with Gasteiger partial charge < -0.3 is 92.9 Å². The predicted molar refractivity (Wildman–Crippen MR) is 549 cm³/mol. The van der Waals surface area contributed by atoms with Crippen LogP contribution in [0.15, 0.2) is 243 Å². The van der Waals surface area contributed by atoms with Crippen LogP contribution in [0.1, 0.15) is 66.7 Å². The van der Waals surface area contributed by atoms with Gasteiger partial charge in [-0.2, -0.15) is 0 Å². The molecule has 0 unspecified atom stereocenters. The van der Waals surface area contributed by atoms with E-state index in [4.69, 9.17) is 66.3 Å². The Labute approximate surface area is 829 Å². The molecule has 15 aromatic rings. The summed E-state index contributed by atoms with van der Waals surface area (Å²) in [4.78, 5) is 84.5. The van der Waals surface area contributed by atoms with Crippen molar-refractivity contribution in [3.63, 3.8) is 0 Å². The molecular weight excluding hydrogens is 1820 g/mol. The van der Waals surface area contributed by atoms with Gasteiger partial charge in [0.05, 0.1) is 109 Å². The SMILES string of the molecule is COc1cc(-c2cc(OC[C@H]3CNC(=O)C3)c3cccnc3c2)cc(OC)c1OC.COc1cc(-c2cc(O[C@H](C)[C@H]3CNC(=O)C3)c3cccnc3c2)ccc1OC(C)C.COc1ccc(-c2cc(OC[C@H]3CNC(=O)C3)c3cccnc3c2)cc1OC.COc1ccc(-c2cc(O[C@H](C)[C@H]3CNC(=O)C3)c3cccnc3c2)cc1OC.C[C@@H](Oc1cc(-c2ccccn2)cc2ncccc12)[C@H]1CNC(=O)C1. The van der Waals surface area contributed by atoms with Gasteiger partial charge in [-0.05, 0) is 261 Å². The lowest BCUT2D eigenvalue weighted by Gasteiger charge is -2.21. The highest BCUT2D eigenvalue weighted by atomic mass is 16.5. The largest absolute Gasteiger partial charge is 0.493 e. The lowest BCUT2D eigenvalue weighted by molar-refractivity contribution is -0.120. The number of carbonyl (C=O) groups excluding carboxylic acids is 5. The Hall–Kier alpha value is -16.3. The summed E-state index contributed by atoms with van der Waals surface area (Å²) in [6.45, 7) is 14.2. The lowest BCUT2D eigenvalue weighted by Crippen LogP contribution is -2.25. The van der Waals surface area contributed by atoms with Gasteiger partial charge in [-0.3, -0.25) is 53.9 Å². The van der Waals surface area contributed by atoms with Gasteiger partial charge in [-0.25, -0.2) is 0 Å². The van der Waals surface area contributed by atoms with Crippen LogP contribution in [0, 0.1) is 29.6 Å². The fourth-order valence-corrected chi connectivity index (χ4v) is 17.8. The Morgan fingerprint density at radius 2 is 0.545 bits per heavy atom. The normalized spacial score (nSPS) is 16.7. The zero-order chi connectivity index (χ0) is 100. The van der Waals surface area contributed by atoms with E-state index < -0.39 is 0 Å². The first-order chi connectivity index (χ1) is 69.5. The van der Waals surface area contributed by atoms with Crippen molar-refractivity contribution in [3.8, 4) is 136 Å². The highest BCUT2D eigenvalue weighted by Crippen LogP contribution is 2.46. The van der Waals surface area contributed by atoms with Gasteiger partial charge in [0.15, 0.2) is 46.0 Å². The van der Waals surface area contributed by atoms with Gasteiger partial charge >= 0.3 is 0 Å². The summed E-state index contributed by atoms with van der Waals surface area (Å²) in [6.07, 6.45) is 12.9. The molecule has 20 rings (SSSR count). The average molecular weight is 1930 g/mol. The summed E-state index contributed by atoms with van der Waals surface area (Å²) in [5.41, 5.74) is 13.8. The van der Waals surface area contributed by atoms with Crippen molar-refractivity contribution in [1.82, 2.24) is 56.5 Å². The Bertz CT molecular complexity index is 7070. The molecule has 9 aromatic carbocycles. The number of benzene rings is 9. The minimum atomic E-state index is -0.103. The van der Waals surface area contributed by atoms with Crippen molar-refractivity contribution in [2.24, 2.45) is 29.6 Å². The van der Waals surface area contributed by atoms with Crippen molar-refractivity contribution in [2.75, 3.05) is 103 Å². The van der Waals surface area contributed by atoms with Crippen molar-refractivity contribution >= 4 is 84.1 Å². The number of carbonyl (C=O) groups is 5. The number of hydrogen-bond acceptors (Lipinski definition) is 25. The fraction of sp³-hybridized carbons (Fsp3) is 0.301. The molecule has 0 saturated carbocycles. The molecule has 5 fully saturated rings. The molecule has 8 atom stereocenters. The molecule has 30 heteroatoms. The van der Waals surface area contributed by atoms with Crippen LogP contribution in [0.25, 0.3) is 110 Å². The molecular formula is C113H117N11O19. The smallest absolute Gasteiger partial charge is 0.220 e. The van der Waals surface area contributed by atoms with Crippen LogP contribution in [-0.4, -0.2) is 187 Å². The molecule has 5 aliphatic rings. The minimum Gasteiger partial charge on any atom is -0.493 e. The second-order valence-corrected chi connectivity index (χ2v) is 35.7. The van der Waals surface area contributed by atoms with E-state index in [0.29, 0.717) is 130 Å². The van der Waals surface area contributed by atoms with Crippen molar-refractivity contribution in [2.45, 2.75) is 91.1 Å². The Kier molecular flexibility index (Phi) is 32.5. The summed E-state index contributed by atoms with van der Waals surface area (Å²) in [7, 11) is 12.9. The number of aromatic nitrogens is 6. The number of amides is 5. The maximum atomic E-state index is 11.6. The molecule has 6 aromatic heterocycles. The molecule has 5 saturated heterocycles. The first kappa shape index (κ1) is 99.7. The van der Waals surface area contributed by atoms with Crippen molar-refractivity contribution in [3.05, 3.63) is 243 Å². The molecule has 0 spiro atoms. The Morgan fingerprint density at radius 3 is 0.860 bits per heavy atom. The standard InChI is InChI=1S/C25H28N2O4.C23H24N2O5.C23H24N2O4.C22H22N2O4.C20H19N3O2/c1-15(2)30-22-8-7-17(11-24(22)29-4)18-10-21-20(6-5-9-26-21)23(12-18)31-16(3)19-13-25(28)27-14-19;1-27-20-10-16(11-21(28-2)23(20)29-3)15-8-18-17(5-4-6-24-18)19(9-15)30-13-14-7-22(26)25-12-14;1-14(17-12-23(26)25-13-17)29-21-11-16(9-19-18(21)5-4-8-24-19)15-6-7-20(27-2)22(10-15)28-3;1-26-19-6-5-15(10-21(19)27-2)16-9-18-17(4-3-7-23-18)20(11-16)28-13-14-8-22(25)24-12-14;1-13(15-11-20(24)23-12-15)25-19-10-14(17-6-2-3-7-21-17)9-18-16(19)5-4-8-22-18/h5-12,15-16,19H,13-14H2,1-4H3,(H,27,28);4-6,8-11,14H,7,12-13H2,1-3H3,(H,25,26);4-11,14,17H,12-13H2,1-3H3,(H,25,26);3-7,9-11,14H,8,12-13H2,1-2H3,(H,24,25);2-10,13,15H,11-12H2,1H3,(H,23,24)/t16-,19-;14-;14-,17-;14-;13-,15-/m11111/s1. The topological polar surface area (TPSA) is 352 Å². The summed E-state index contributed by atoms with van der Waals surface area (Å²) >= 11 is 0.